The van der Waals surface area contributed by atoms with E-state index in [1.54, 1.807) is 0 Å². The summed E-state index contributed by atoms with van der Waals surface area (Å²) in [5, 5.41) is 2.94. The van der Waals surface area contributed by atoms with Gasteiger partial charge >= 0.3 is 0 Å². The summed E-state index contributed by atoms with van der Waals surface area (Å²) in [7, 11) is 0. The number of benzene rings is 1. The van der Waals surface area contributed by atoms with Gasteiger partial charge in [-0.25, -0.2) is 13.2 Å². The van der Waals surface area contributed by atoms with Gasteiger partial charge in [0.1, 0.15) is 5.82 Å². The van der Waals surface area contributed by atoms with Gasteiger partial charge < -0.3 is 5.84 Å². The van der Waals surface area contributed by atoms with E-state index in [2.05, 4.69) is 10.9 Å². The van der Waals surface area contributed by atoms with Crippen molar-refractivity contribution >= 4 is 6.21 Å². The Hall–Kier alpha value is -1.52. The summed E-state index contributed by atoms with van der Waals surface area (Å²) in [5.41, 5.74) is -0.341. The van der Waals surface area contributed by atoms with Crippen molar-refractivity contribution in [2.75, 3.05) is 0 Å². The van der Waals surface area contributed by atoms with E-state index in [-0.39, 0.29) is 5.56 Å². The Bertz CT molecular complexity index is 323. The maximum atomic E-state index is 12.6. The van der Waals surface area contributed by atoms with Gasteiger partial charge in [-0.2, -0.15) is 5.10 Å². The Morgan fingerprint density at radius 3 is 2.67 bits per heavy atom. The highest BCUT2D eigenvalue weighted by molar-refractivity contribution is 5.79. The van der Waals surface area contributed by atoms with Gasteiger partial charge in [0.15, 0.2) is 11.6 Å². The Balaban J connectivity index is 3.27. The van der Waals surface area contributed by atoms with Crippen LogP contribution in [0.2, 0.25) is 0 Å². The molecule has 0 fully saturated rings. The van der Waals surface area contributed by atoms with Crippen molar-refractivity contribution in [2.45, 2.75) is 0 Å². The monoisotopic (exact) mass is 173 g/mol. The Morgan fingerprint density at radius 2 is 2.08 bits per heavy atom. The highest BCUT2D eigenvalue weighted by Crippen LogP contribution is 2.11. The Kier molecular flexibility index (Phi) is 2.32. The highest BCUT2D eigenvalue weighted by Gasteiger charge is 2.09. The summed E-state index contributed by atoms with van der Waals surface area (Å²) in [4.78, 5) is 0. The molecule has 0 atom stereocenters. The first-order valence-corrected chi connectivity index (χ1v) is 2.95. The summed E-state index contributed by atoms with van der Waals surface area (Å²) >= 11 is 0. The molecular weight excluding hydrogens is 169 g/mol. The van der Waals surface area contributed by atoms with E-state index < -0.39 is 17.5 Å². The molecule has 1 radical (unpaired) electrons. The standard InChI is InChI=1S/C7H4F3N2/c8-5-1-4(3-12-11)7(10)6(9)2-5/h1,3H,11H2. The third-order valence-corrected chi connectivity index (χ3v) is 1.17. The fourth-order valence-electron chi connectivity index (χ4n) is 0.697. The summed E-state index contributed by atoms with van der Waals surface area (Å²) < 4.78 is 37.4. The summed E-state index contributed by atoms with van der Waals surface area (Å²) in [6.45, 7) is 0. The number of nitrogens with zero attached hydrogens (tertiary/aromatic N) is 1. The molecule has 1 rings (SSSR count). The minimum Gasteiger partial charge on any atom is -0.323 e. The molecule has 2 N–H and O–H groups in total. The second kappa shape index (κ2) is 3.25. The van der Waals surface area contributed by atoms with Crippen molar-refractivity contribution in [3.8, 4) is 0 Å². The lowest BCUT2D eigenvalue weighted by molar-refractivity contribution is 0.491. The molecule has 0 saturated carbocycles. The SMILES string of the molecule is NN=Cc1cc(F)[c]c(F)c1F. The van der Waals surface area contributed by atoms with E-state index in [1.165, 1.54) is 6.07 Å². The topological polar surface area (TPSA) is 38.4 Å². The van der Waals surface area contributed by atoms with Crippen molar-refractivity contribution in [2.24, 2.45) is 10.9 Å². The van der Waals surface area contributed by atoms with Gasteiger partial charge in [0.05, 0.1) is 12.3 Å². The number of halogens is 3. The zero-order valence-corrected chi connectivity index (χ0v) is 5.81. The lowest BCUT2D eigenvalue weighted by atomic mass is 10.2. The average Bonchev–Trinajstić information content (AvgIpc) is 2.00. The molecule has 12 heavy (non-hydrogen) atoms. The minimum atomic E-state index is -1.38. The van der Waals surface area contributed by atoms with Crippen LogP contribution in [0.1, 0.15) is 5.56 Å². The van der Waals surface area contributed by atoms with Crippen LogP contribution in [-0.2, 0) is 0 Å². The van der Waals surface area contributed by atoms with E-state index in [4.69, 9.17) is 0 Å². The van der Waals surface area contributed by atoms with Gasteiger partial charge in [-0.15, -0.1) is 0 Å². The van der Waals surface area contributed by atoms with E-state index in [1.807, 2.05) is 0 Å². The lowest BCUT2D eigenvalue weighted by Gasteiger charge is -1.96. The summed E-state index contributed by atoms with van der Waals surface area (Å²) in [5.74, 6) is 1.08. The quantitative estimate of drug-likeness (QED) is 0.294. The molecule has 0 amide bonds. The molecule has 5 heteroatoms. The van der Waals surface area contributed by atoms with Gasteiger partial charge in [0.2, 0.25) is 0 Å². The van der Waals surface area contributed by atoms with E-state index in [0.29, 0.717) is 0 Å². The zero-order chi connectivity index (χ0) is 9.14. The van der Waals surface area contributed by atoms with Crippen molar-refractivity contribution in [3.05, 3.63) is 35.1 Å². The third kappa shape index (κ3) is 1.55. The predicted molar refractivity (Wildman–Crippen MR) is 36.9 cm³/mol. The fraction of sp³-hybridized carbons (Fsp3) is 0. The minimum absolute atomic E-state index is 0.341. The molecule has 63 valence electrons. The molecule has 2 nitrogen and oxygen atoms in total. The molecule has 0 aliphatic heterocycles. The second-order valence-corrected chi connectivity index (χ2v) is 1.98. The number of nitrogens with two attached hydrogens (primary N) is 1. The van der Waals surface area contributed by atoms with Crippen LogP contribution in [0.4, 0.5) is 13.2 Å². The Morgan fingerprint density at radius 1 is 1.42 bits per heavy atom. The van der Waals surface area contributed by atoms with Crippen LogP contribution in [0.3, 0.4) is 0 Å². The van der Waals surface area contributed by atoms with Gasteiger partial charge in [-0.3, -0.25) is 0 Å². The molecule has 0 aliphatic rings. The second-order valence-electron chi connectivity index (χ2n) is 1.98. The Labute approximate surface area is 66.5 Å². The van der Waals surface area contributed by atoms with Crippen LogP contribution in [0, 0.1) is 23.5 Å². The first-order chi connectivity index (χ1) is 5.65. The van der Waals surface area contributed by atoms with Crippen LogP contribution in [0.25, 0.3) is 0 Å². The molecular formula is C7H4F3N2. The molecule has 0 unspecified atom stereocenters. The largest absolute Gasteiger partial charge is 0.323 e. The van der Waals surface area contributed by atoms with Crippen LogP contribution in [0.15, 0.2) is 11.2 Å². The average molecular weight is 173 g/mol. The summed E-state index contributed by atoms with van der Waals surface area (Å²) in [6.07, 6.45) is 0.815. The maximum absolute atomic E-state index is 12.6. The lowest BCUT2D eigenvalue weighted by Crippen LogP contribution is -1.97. The van der Waals surface area contributed by atoms with E-state index in [0.717, 1.165) is 12.3 Å². The number of hydrogen-bond acceptors (Lipinski definition) is 2. The molecule has 1 aromatic carbocycles. The normalized spacial score (nSPS) is 10.9. The molecule has 1 aromatic rings. The first-order valence-electron chi connectivity index (χ1n) is 2.95. The number of hydrogen-bond donors (Lipinski definition) is 1. The van der Waals surface area contributed by atoms with Gasteiger partial charge in [-0.1, -0.05) is 0 Å². The number of rotatable bonds is 1. The molecule has 0 saturated heterocycles. The van der Waals surface area contributed by atoms with Crippen molar-refractivity contribution in [1.82, 2.24) is 0 Å². The molecule has 0 bridgehead atoms. The van der Waals surface area contributed by atoms with Crippen molar-refractivity contribution in [1.29, 1.82) is 0 Å². The van der Waals surface area contributed by atoms with E-state index in [9.17, 15) is 13.2 Å². The van der Waals surface area contributed by atoms with Crippen LogP contribution >= 0.6 is 0 Å². The maximum Gasteiger partial charge on any atom is 0.170 e. The first kappa shape index (κ1) is 8.58. The third-order valence-electron chi connectivity index (χ3n) is 1.17. The van der Waals surface area contributed by atoms with Crippen LogP contribution in [-0.4, -0.2) is 6.21 Å². The van der Waals surface area contributed by atoms with Gasteiger partial charge in [0, 0.05) is 5.56 Å². The smallest absolute Gasteiger partial charge is 0.170 e. The fourth-order valence-corrected chi connectivity index (χ4v) is 0.697. The zero-order valence-electron chi connectivity index (χ0n) is 5.81. The van der Waals surface area contributed by atoms with Crippen molar-refractivity contribution in [3.63, 3.8) is 0 Å². The van der Waals surface area contributed by atoms with Crippen LogP contribution in [0.5, 0.6) is 0 Å². The van der Waals surface area contributed by atoms with Crippen LogP contribution < -0.4 is 5.84 Å². The van der Waals surface area contributed by atoms with Gasteiger partial charge in [0.25, 0.3) is 0 Å². The van der Waals surface area contributed by atoms with E-state index >= 15 is 0 Å². The van der Waals surface area contributed by atoms with Gasteiger partial charge in [-0.05, 0) is 6.07 Å². The van der Waals surface area contributed by atoms with Crippen molar-refractivity contribution < 1.29 is 13.2 Å². The highest BCUT2D eigenvalue weighted by atomic mass is 19.2. The number of hydrazone groups is 1. The molecule has 0 spiro atoms. The molecule has 0 heterocycles. The molecule has 0 aliphatic carbocycles. The molecule has 0 aromatic heterocycles. The summed E-state index contributed by atoms with van der Waals surface area (Å²) in [6, 6.07) is 2.27. The predicted octanol–water partition coefficient (Wildman–Crippen LogP) is 1.20.